The van der Waals surface area contributed by atoms with Gasteiger partial charge < -0.3 is 0 Å². The van der Waals surface area contributed by atoms with Crippen molar-refractivity contribution in [3.05, 3.63) is 42.0 Å². The van der Waals surface area contributed by atoms with Crippen molar-refractivity contribution in [3.8, 4) is 0 Å². The first-order chi connectivity index (χ1) is 7.34. The molecule has 15 heavy (non-hydrogen) atoms. The molecule has 0 amide bonds. The van der Waals surface area contributed by atoms with E-state index in [0.29, 0.717) is 0 Å². The van der Waals surface area contributed by atoms with Gasteiger partial charge in [-0.2, -0.15) is 0 Å². The van der Waals surface area contributed by atoms with Gasteiger partial charge in [0.05, 0.1) is 0 Å². The first-order valence-corrected chi connectivity index (χ1v) is 5.78. The minimum absolute atomic E-state index is 0.884. The summed E-state index contributed by atoms with van der Waals surface area (Å²) in [6, 6.07) is 10.5. The fraction of sp³-hybridized carbons (Fsp3) is 0.429. The molecular formula is C14H19N. The van der Waals surface area contributed by atoms with E-state index < -0.39 is 0 Å². The highest BCUT2D eigenvalue weighted by molar-refractivity contribution is 5.48. The Morgan fingerprint density at radius 1 is 1.33 bits per heavy atom. The van der Waals surface area contributed by atoms with Gasteiger partial charge in [0, 0.05) is 13.1 Å². The van der Waals surface area contributed by atoms with E-state index >= 15 is 0 Å². The van der Waals surface area contributed by atoms with E-state index in [2.05, 4.69) is 54.3 Å². The van der Waals surface area contributed by atoms with Gasteiger partial charge in [0.25, 0.3) is 0 Å². The molecule has 0 radical (unpaired) electrons. The zero-order chi connectivity index (χ0) is 10.5. The molecule has 0 N–H and O–H groups in total. The molecule has 1 aromatic carbocycles. The molecule has 1 unspecified atom stereocenters. The monoisotopic (exact) mass is 201 g/mol. The molecule has 1 aromatic rings. The van der Waals surface area contributed by atoms with Crippen molar-refractivity contribution >= 4 is 6.08 Å². The van der Waals surface area contributed by atoms with Crippen LogP contribution in [0.3, 0.4) is 0 Å². The summed E-state index contributed by atoms with van der Waals surface area (Å²) in [4.78, 5) is 2.52. The van der Waals surface area contributed by atoms with E-state index in [1.165, 1.54) is 25.1 Å². The summed E-state index contributed by atoms with van der Waals surface area (Å²) in [7, 11) is 0. The van der Waals surface area contributed by atoms with Gasteiger partial charge in [-0.1, -0.05) is 49.4 Å². The van der Waals surface area contributed by atoms with E-state index in [9.17, 15) is 0 Å². The van der Waals surface area contributed by atoms with E-state index in [4.69, 9.17) is 0 Å². The van der Waals surface area contributed by atoms with E-state index in [0.717, 1.165) is 12.5 Å². The third-order valence-corrected chi connectivity index (χ3v) is 2.98. The number of hydrogen-bond acceptors (Lipinski definition) is 1. The maximum Gasteiger partial charge on any atom is 0.0166 e. The third kappa shape index (κ3) is 3.21. The van der Waals surface area contributed by atoms with Crippen LogP contribution in [0.1, 0.15) is 18.9 Å². The van der Waals surface area contributed by atoms with Gasteiger partial charge in [-0.05, 0) is 24.4 Å². The number of likely N-dealkylation sites (tertiary alicyclic amines) is 1. The number of benzene rings is 1. The lowest BCUT2D eigenvalue weighted by Gasteiger charge is -2.11. The van der Waals surface area contributed by atoms with Crippen LogP contribution < -0.4 is 0 Å². The van der Waals surface area contributed by atoms with Gasteiger partial charge in [-0.3, -0.25) is 4.90 Å². The van der Waals surface area contributed by atoms with Gasteiger partial charge >= 0.3 is 0 Å². The molecule has 1 heteroatoms. The number of nitrogens with zero attached hydrogens (tertiary/aromatic N) is 1. The van der Waals surface area contributed by atoms with Crippen LogP contribution in [0.15, 0.2) is 36.4 Å². The molecule has 1 saturated heterocycles. The Bertz CT molecular complexity index is 315. The average molecular weight is 201 g/mol. The van der Waals surface area contributed by atoms with E-state index in [1.807, 2.05) is 0 Å². The lowest BCUT2D eigenvalue weighted by atomic mass is 10.2. The normalized spacial score (nSPS) is 22.6. The van der Waals surface area contributed by atoms with Crippen molar-refractivity contribution in [2.24, 2.45) is 5.92 Å². The maximum absolute atomic E-state index is 2.52. The van der Waals surface area contributed by atoms with Gasteiger partial charge in [-0.25, -0.2) is 0 Å². The predicted molar refractivity (Wildman–Crippen MR) is 65.7 cm³/mol. The molecule has 1 fully saturated rings. The number of hydrogen-bond donors (Lipinski definition) is 0. The number of rotatable bonds is 3. The zero-order valence-electron chi connectivity index (χ0n) is 9.39. The van der Waals surface area contributed by atoms with Crippen LogP contribution in [-0.2, 0) is 0 Å². The smallest absolute Gasteiger partial charge is 0.0166 e. The van der Waals surface area contributed by atoms with Crippen molar-refractivity contribution in [1.82, 2.24) is 4.90 Å². The minimum atomic E-state index is 0.884. The Morgan fingerprint density at radius 3 is 2.80 bits per heavy atom. The fourth-order valence-electron chi connectivity index (χ4n) is 2.09. The summed E-state index contributed by atoms with van der Waals surface area (Å²) in [6.07, 6.45) is 5.84. The topological polar surface area (TPSA) is 3.24 Å². The van der Waals surface area contributed by atoms with Crippen LogP contribution in [-0.4, -0.2) is 24.5 Å². The molecule has 1 heterocycles. The third-order valence-electron chi connectivity index (χ3n) is 2.98. The molecule has 0 saturated carbocycles. The molecule has 80 valence electrons. The Hall–Kier alpha value is -1.08. The molecule has 2 rings (SSSR count). The predicted octanol–water partition coefficient (Wildman–Crippen LogP) is 3.04. The van der Waals surface area contributed by atoms with Gasteiger partial charge in [-0.15, -0.1) is 0 Å². The lowest BCUT2D eigenvalue weighted by molar-refractivity contribution is 0.364. The van der Waals surface area contributed by atoms with E-state index in [1.54, 1.807) is 0 Å². The first kappa shape index (κ1) is 10.4. The van der Waals surface area contributed by atoms with Crippen molar-refractivity contribution in [3.63, 3.8) is 0 Å². The Morgan fingerprint density at radius 2 is 2.13 bits per heavy atom. The van der Waals surface area contributed by atoms with Crippen LogP contribution in [0.4, 0.5) is 0 Å². The second-order valence-electron chi connectivity index (χ2n) is 4.47. The van der Waals surface area contributed by atoms with Crippen LogP contribution in [0.5, 0.6) is 0 Å². The molecule has 0 aliphatic carbocycles. The van der Waals surface area contributed by atoms with Gasteiger partial charge in [0.15, 0.2) is 0 Å². The molecule has 1 nitrogen and oxygen atoms in total. The van der Waals surface area contributed by atoms with Crippen LogP contribution in [0.2, 0.25) is 0 Å². The zero-order valence-corrected chi connectivity index (χ0v) is 9.39. The second kappa shape index (κ2) is 5.13. The van der Waals surface area contributed by atoms with E-state index in [-0.39, 0.29) is 0 Å². The van der Waals surface area contributed by atoms with Crippen LogP contribution >= 0.6 is 0 Å². The molecule has 1 atom stereocenters. The average Bonchev–Trinajstić information content (AvgIpc) is 2.66. The highest BCUT2D eigenvalue weighted by Gasteiger charge is 2.16. The summed E-state index contributed by atoms with van der Waals surface area (Å²) < 4.78 is 0. The van der Waals surface area contributed by atoms with Crippen molar-refractivity contribution in [2.75, 3.05) is 19.6 Å². The summed E-state index contributed by atoms with van der Waals surface area (Å²) in [5, 5.41) is 0. The summed E-state index contributed by atoms with van der Waals surface area (Å²) in [5.74, 6) is 0.884. The Balaban J connectivity index is 1.81. The minimum Gasteiger partial charge on any atom is -0.299 e. The first-order valence-electron chi connectivity index (χ1n) is 5.78. The SMILES string of the molecule is CC1CCN(CC=Cc2ccccc2)C1. The van der Waals surface area contributed by atoms with Gasteiger partial charge in [0.2, 0.25) is 0 Å². The summed E-state index contributed by atoms with van der Waals surface area (Å²) >= 11 is 0. The summed E-state index contributed by atoms with van der Waals surface area (Å²) in [5.41, 5.74) is 1.30. The van der Waals surface area contributed by atoms with Crippen molar-refractivity contribution in [1.29, 1.82) is 0 Å². The maximum atomic E-state index is 2.52. The molecule has 0 spiro atoms. The van der Waals surface area contributed by atoms with Gasteiger partial charge in [0.1, 0.15) is 0 Å². The standard InChI is InChI=1S/C14H19N/c1-13-9-11-15(12-13)10-5-8-14-6-3-2-4-7-14/h2-8,13H,9-12H2,1H3. The van der Waals surface area contributed by atoms with Crippen LogP contribution in [0, 0.1) is 5.92 Å². The molecule has 0 aromatic heterocycles. The lowest BCUT2D eigenvalue weighted by Crippen LogP contribution is -2.19. The quantitative estimate of drug-likeness (QED) is 0.726. The largest absolute Gasteiger partial charge is 0.299 e. The Kier molecular flexibility index (Phi) is 3.57. The molecule has 1 aliphatic rings. The highest BCUT2D eigenvalue weighted by Crippen LogP contribution is 2.14. The van der Waals surface area contributed by atoms with Crippen molar-refractivity contribution in [2.45, 2.75) is 13.3 Å². The molecule has 1 aliphatic heterocycles. The summed E-state index contributed by atoms with van der Waals surface area (Å²) in [6.45, 7) is 5.96. The Labute approximate surface area is 92.4 Å². The highest BCUT2D eigenvalue weighted by atomic mass is 15.1. The van der Waals surface area contributed by atoms with Crippen LogP contribution in [0.25, 0.3) is 6.08 Å². The van der Waals surface area contributed by atoms with Crippen molar-refractivity contribution < 1.29 is 0 Å². The second-order valence-corrected chi connectivity index (χ2v) is 4.47. The fourth-order valence-corrected chi connectivity index (χ4v) is 2.09. The molecule has 0 bridgehead atoms. The molecular weight excluding hydrogens is 182 g/mol.